The standard InChI is InChI=1S/C10H17BO6/c1-4-11-15-6-10(17-11)9(16-8(3)13)5-14-7(2)12/h9-10H,4-6H2,1-3H3. The molecule has 0 aromatic heterocycles. The predicted molar refractivity (Wildman–Crippen MR) is 59.2 cm³/mol. The average molecular weight is 244 g/mol. The summed E-state index contributed by atoms with van der Waals surface area (Å²) in [7, 11) is -0.282. The van der Waals surface area contributed by atoms with Crippen LogP contribution in [0.25, 0.3) is 0 Å². The molecule has 0 N–H and O–H groups in total. The van der Waals surface area contributed by atoms with Gasteiger partial charge in [-0.25, -0.2) is 0 Å². The quantitative estimate of drug-likeness (QED) is 0.515. The minimum Gasteiger partial charge on any atom is -0.462 e. The summed E-state index contributed by atoms with van der Waals surface area (Å²) < 4.78 is 20.7. The fourth-order valence-electron chi connectivity index (χ4n) is 1.51. The Balaban J connectivity index is 2.50. The van der Waals surface area contributed by atoms with Gasteiger partial charge in [-0.1, -0.05) is 6.92 Å². The number of hydrogen-bond donors (Lipinski definition) is 0. The van der Waals surface area contributed by atoms with Crippen molar-refractivity contribution < 1.29 is 28.4 Å². The van der Waals surface area contributed by atoms with Gasteiger partial charge in [0.1, 0.15) is 12.7 Å². The molecule has 0 bridgehead atoms. The molecular weight excluding hydrogens is 227 g/mol. The summed E-state index contributed by atoms with van der Waals surface area (Å²) in [5.41, 5.74) is 0. The maximum atomic E-state index is 10.9. The maximum Gasteiger partial charge on any atom is 0.457 e. The van der Waals surface area contributed by atoms with Gasteiger partial charge in [-0.3, -0.25) is 9.59 Å². The molecule has 96 valence electrons. The van der Waals surface area contributed by atoms with Gasteiger partial charge in [0.2, 0.25) is 0 Å². The lowest BCUT2D eigenvalue weighted by molar-refractivity contribution is -0.161. The third-order valence-corrected chi connectivity index (χ3v) is 2.29. The van der Waals surface area contributed by atoms with Crippen molar-refractivity contribution in [2.45, 2.75) is 39.3 Å². The second-order valence-electron chi connectivity index (χ2n) is 3.80. The summed E-state index contributed by atoms with van der Waals surface area (Å²) in [6.45, 7) is 4.84. The first-order chi connectivity index (χ1) is 8.02. The highest BCUT2D eigenvalue weighted by Crippen LogP contribution is 2.17. The molecule has 1 heterocycles. The molecule has 0 amide bonds. The van der Waals surface area contributed by atoms with Gasteiger partial charge in [0.15, 0.2) is 6.10 Å². The summed E-state index contributed by atoms with van der Waals surface area (Å²) in [4.78, 5) is 21.7. The van der Waals surface area contributed by atoms with Gasteiger partial charge in [0.05, 0.1) is 6.61 Å². The second-order valence-corrected chi connectivity index (χ2v) is 3.80. The van der Waals surface area contributed by atoms with Crippen LogP contribution >= 0.6 is 0 Å². The zero-order chi connectivity index (χ0) is 12.8. The fourth-order valence-corrected chi connectivity index (χ4v) is 1.51. The molecule has 0 radical (unpaired) electrons. The molecular formula is C10H17BO6. The van der Waals surface area contributed by atoms with Crippen LogP contribution in [0.4, 0.5) is 0 Å². The van der Waals surface area contributed by atoms with Gasteiger partial charge in [-0.15, -0.1) is 0 Å². The highest BCUT2D eigenvalue weighted by atomic mass is 16.7. The first kappa shape index (κ1) is 14.0. The van der Waals surface area contributed by atoms with Crippen molar-refractivity contribution in [2.75, 3.05) is 13.2 Å². The molecule has 1 aliphatic heterocycles. The van der Waals surface area contributed by atoms with Gasteiger partial charge < -0.3 is 18.8 Å². The van der Waals surface area contributed by atoms with E-state index < -0.39 is 18.0 Å². The van der Waals surface area contributed by atoms with Crippen LogP contribution < -0.4 is 0 Å². The summed E-state index contributed by atoms with van der Waals surface area (Å²) in [5.74, 6) is -0.862. The second kappa shape index (κ2) is 6.61. The molecule has 1 saturated heterocycles. The van der Waals surface area contributed by atoms with Crippen LogP contribution in [0, 0.1) is 0 Å². The van der Waals surface area contributed by atoms with E-state index in [1.165, 1.54) is 13.8 Å². The van der Waals surface area contributed by atoms with Crippen LogP contribution in [0.3, 0.4) is 0 Å². The summed E-state index contributed by atoms with van der Waals surface area (Å²) >= 11 is 0. The monoisotopic (exact) mass is 244 g/mol. The number of ether oxygens (including phenoxy) is 2. The molecule has 1 aliphatic rings. The van der Waals surface area contributed by atoms with Crippen molar-refractivity contribution in [3.8, 4) is 0 Å². The third-order valence-electron chi connectivity index (χ3n) is 2.29. The minimum absolute atomic E-state index is 0.0145. The lowest BCUT2D eigenvalue weighted by atomic mass is 9.87. The lowest BCUT2D eigenvalue weighted by Crippen LogP contribution is -2.37. The van der Waals surface area contributed by atoms with Crippen LogP contribution in [0.15, 0.2) is 0 Å². The summed E-state index contributed by atoms with van der Waals surface area (Å²) in [6.07, 6.45) is -0.284. The Morgan fingerprint density at radius 3 is 2.59 bits per heavy atom. The Labute approximate surface area is 101 Å². The van der Waals surface area contributed by atoms with E-state index in [0.29, 0.717) is 6.61 Å². The molecule has 1 rings (SSSR count). The molecule has 0 spiro atoms. The Morgan fingerprint density at radius 2 is 2.12 bits per heavy atom. The molecule has 0 aliphatic carbocycles. The molecule has 2 atom stereocenters. The van der Waals surface area contributed by atoms with E-state index in [-0.39, 0.29) is 19.8 Å². The SMILES string of the molecule is CCB1OCC(C(COC(C)=O)OC(C)=O)O1. The molecule has 0 aromatic carbocycles. The maximum absolute atomic E-state index is 10.9. The third kappa shape index (κ3) is 4.74. The van der Waals surface area contributed by atoms with Crippen LogP contribution in [0.2, 0.25) is 6.32 Å². The number of carbonyl (C=O) groups excluding carboxylic acids is 2. The lowest BCUT2D eigenvalue weighted by Gasteiger charge is -2.21. The highest BCUT2D eigenvalue weighted by Gasteiger charge is 2.36. The molecule has 6 nitrogen and oxygen atoms in total. The van der Waals surface area contributed by atoms with Crippen molar-refractivity contribution in [2.24, 2.45) is 0 Å². The molecule has 1 fully saturated rings. The van der Waals surface area contributed by atoms with E-state index in [1.807, 2.05) is 6.92 Å². The highest BCUT2D eigenvalue weighted by molar-refractivity contribution is 6.44. The van der Waals surface area contributed by atoms with Gasteiger partial charge in [-0.2, -0.15) is 0 Å². The largest absolute Gasteiger partial charge is 0.462 e. The van der Waals surface area contributed by atoms with E-state index in [2.05, 4.69) is 0 Å². The number of esters is 2. The first-order valence-corrected chi connectivity index (χ1v) is 5.60. The Bertz CT molecular complexity index is 282. The van der Waals surface area contributed by atoms with Crippen LogP contribution in [0.5, 0.6) is 0 Å². The molecule has 0 aromatic rings. The normalized spacial score (nSPS) is 21.1. The number of carbonyl (C=O) groups is 2. The Morgan fingerprint density at radius 1 is 1.41 bits per heavy atom. The van der Waals surface area contributed by atoms with Crippen LogP contribution in [0.1, 0.15) is 20.8 Å². The van der Waals surface area contributed by atoms with Crippen molar-refractivity contribution in [1.29, 1.82) is 0 Å². The number of hydrogen-bond acceptors (Lipinski definition) is 6. The number of rotatable bonds is 5. The van der Waals surface area contributed by atoms with E-state index in [0.717, 1.165) is 6.32 Å². The van der Waals surface area contributed by atoms with Gasteiger partial charge in [0.25, 0.3) is 0 Å². The van der Waals surface area contributed by atoms with Crippen molar-refractivity contribution in [3.05, 3.63) is 0 Å². The summed E-state index contributed by atoms with van der Waals surface area (Å²) in [5, 5.41) is 0. The van der Waals surface area contributed by atoms with Gasteiger partial charge in [-0.05, 0) is 6.32 Å². The van der Waals surface area contributed by atoms with Crippen LogP contribution in [-0.2, 0) is 28.4 Å². The van der Waals surface area contributed by atoms with Crippen molar-refractivity contribution >= 4 is 19.1 Å². The molecule has 7 heteroatoms. The topological polar surface area (TPSA) is 71.1 Å². The smallest absolute Gasteiger partial charge is 0.457 e. The van der Waals surface area contributed by atoms with E-state index >= 15 is 0 Å². The zero-order valence-electron chi connectivity index (χ0n) is 10.3. The average Bonchev–Trinajstić information content (AvgIpc) is 2.71. The van der Waals surface area contributed by atoms with E-state index in [1.54, 1.807) is 0 Å². The molecule has 0 saturated carbocycles. The van der Waals surface area contributed by atoms with Gasteiger partial charge in [0, 0.05) is 13.8 Å². The van der Waals surface area contributed by atoms with Crippen molar-refractivity contribution in [3.63, 3.8) is 0 Å². The van der Waals surface area contributed by atoms with Crippen molar-refractivity contribution in [1.82, 2.24) is 0 Å². The van der Waals surface area contributed by atoms with E-state index in [4.69, 9.17) is 18.8 Å². The van der Waals surface area contributed by atoms with E-state index in [9.17, 15) is 9.59 Å². The fraction of sp³-hybridized carbons (Fsp3) is 0.800. The Kier molecular flexibility index (Phi) is 5.44. The van der Waals surface area contributed by atoms with Gasteiger partial charge >= 0.3 is 19.1 Å². The minimum atomic E-state index is -0.618. The van der Waals surface area contributed by atoms with Crippen LogP contribution in [-0.4, -0.2) is 44.5 Å². The summed E-state index contributed by atoms with van der Waals surface area (Å²) in [6, 6.07) is 0. The molecule has 17 heavy (non-hydrogen) atoms. The Hall–Kier alpha value is -1.08. The molecule has 2 unspecified atom stereocenters. The predicted octanol–water partition coefficient (Wildman–Crippen LogP) is 0.405. The zero-order valence-corrected chi connectivity index (χ0v) is 10.3. The first-order valence-electron chi connectivity index (χ1n) is 5.60.